The molecule has 0 heterocycles. The van der Waals surface area contributed by atoms with Crippen LogP contribution in [-0.4, -0.2) is 110 Å². The van der Waals surface area contributed by atoms with Gasteiger partial charge in [0.25, 0.3) is 0 Å². The molecule has 0 spiro atoms. The van der Waals surface area contributed by atoms with E-state index >= 15 is 0 Å². The molecule has 1 unspecified atom stereocenters. The number of rotatable bonds is 45. The van der Waals surface area contributed by atoms with Gasteiger partial charge in [-0.1, -0.05) is 142 Å². The molecule has 71 heavy (non-hydrogen) atoms. The van der Waals surface area contributed by atoms with Crippen LogP contribution in [0.15, 0.2) is 109 Å². The van der Waals surface area contributed by atoms with Crippen molar-refractivity contribution in [1.29, 1.82) is 0 Å². The molecule has 0 aliphatic carbocycles. The standard InChI is InChI=1S/C51H83NO16P2S/c1-3-5-7-9-11-13-15-17-18-19-20-21-22-23-25-27-29-31-33-38-50(57)64-41-45(42-67-70(62,63)66-40-44(53)39-65-69(59,60)61)68-51(58)46(52)43-71-48(47(54)35-34-37-49(55)56)36-32-30-28-26-24-16-14-12-10-8-6-4-2/h5,7,11-14,17-18,20-21,23-26,28,30,32,36,44-48,53-54H,3-4,6,8-10,15-16,19,22,27,29,31,33-35,37-43,52H2,1-2H3,(H,55,56)(H,62,63)(H2,59,60,61)/b7-5-,13-11-,14-12-,18-17-,21-20-,25-23-,26-24-,30-28+,36-32+/t44-,45+,46-,47-,48+/m0/s1. The molecule has 0 saturated heterocycles. The molecule has 404 valence electrons. The summed E-state index contributed by atoms with van der Waals surface area (Å²) in [6, 6.07) is -1.31. The SMILES string of the molecule is CC/C=C\C/C=C\C/C=C\C/C=C\C/C=C\CCCCCC(=O)OC[C@H](COP(=O)(O)OC[C@@H](O)COP(=O)(O)O)OC(=O)[C@@H](N)CS[C@H](/C=C/C=C/C=C\C/C=C\CCCCC)[C@@H](O)CCCC(=O)O. The van der Waals surface area contributed by atoms with Crippen LogP contribution in [0.3, 0.4) is 0 Å². The number of carbonyl (C=O) groups excluding carboxylic acids is 2. The van der Waals surface area contributed by atoms with Gasteiger partial charge in [-0.2, -0.15) is 0 Å². The van der Waals surface area contributed by atoms with Crippen LogP contribution in [0.2, 0.25) is 0 Å². The lowest BCUT2D eigenvalue weighted by Crippen LogP contribution is -2.40. The Morgan fingerprint density at radius 2 is 1.17 bits per heavy atom. The van der Waals surface area contributed by atoms with Crippen molar-refractivity contribution < 1.29 is 76.6 Å². The summed E-state index contributed by atoms with van der Waals surface area (Å²) in [6.45, 7) is 0.993. The van der Waals surface area contributed by atoms with Crippen LogP contribution >= 0.6 is 27.4 Å². The number of phosphoric acid groups is 2. The molecule has 0 aromatic carbocycles. The van der Waals surface area contributed by atoms with Gasteiger partial charge in [0.2, 0.25) is 0 Å². The fourth-order valence-electron chi connectivity index (χ4n) is 5.80. The first-order chi connectivity index (χ1) is 34.0. The largest absolute Gasteiger partial charge is 0.481 e. The number of thioether (sulfide) groups is 1. The summed E-state index contributed by atoms with van der Waals surface area (Å²) in [5.74, 6) is -2.70. The maximum absolute atomic E-state index is 13.2. The number of aliphatic hydroxyl groups is 2. The van der Waals surface area contributed by atoms with E-state index in [1.54, 1.807) is 18.2 Å². The van der Waals surface area contributed by atoms with Crippen LogP contribution in [0.4, 0.5) is 0 Å². The summed E-state index contributed by atoms with van der Waals surface area (Å²) in [5, 5.41) is 29.3. The van der Waals surface area contributed by atoms with E-state index in [1.165, 1.54) is 19.3 Å². The Hall–Kier alpha value is -3.48. The van der Waals surface area contributed by atoms with Crippen molar-refractivity contribution in [2.45, 2.75) is 159 Å². The Kier molecular flexibility index (Phi) is 42.9. The monoisotopic (exact) mass is 1060 g/mol. The molecule has 20 heteroatoms. The third-order valence-corrected chi connectivity index (χ3v) is 12.5. The van der Waals surface area contributed by atoms with Crippen molar-refractivity contribution in [3.05, 3.63) is 109 Å². The van der Waals surface area contributed by atoms with Gasteiger partial charge in [0.15, 0.2) is 6.10 Å². The van der Waals surface area contributed by atoms with E-state index < -0.39 is 89.6 Å². The number of aliphatic carboxylic acids is 1. The normalized spacial score (nSPS) is 15.9. The predicted octanol–water partition coefficient (Wildman–Crippen LogP) is 9.99. The number of nitrogens with two attached hydrogens (primary N) is 1. The molecule has 8 N–H and O–H groups in total. The lowest BCUT2D eigenvalue weighted by atomic mass is 10.1. The van der Waals surface area contributed by atoms with Crippen LogP contribution in [0, 0.1) is 0 Å². The van der Waals surface area contributed by atoms with Crippen LogP contribution in [0.5, 0.6) is 0 Å². The summed E-state index contributed by atoms with van der Waals surface area (Å²) in [7, 11) is -9.93. The highest BCUT2D eigenvalue weighted by Gasteiger charge is 2.30. The molecule has 0 aliphatic rings. The van der Waals surface area contributed by atoms with Crippen LogP contribution in [0.25, 0.3) is 0 Å². The Bertz CT molecular complexity index is 1790. The quantitative estimate of drug-likeness (QED) is 0.00982. The maximum atomic E-state index is 13.2. The van der Waals surface area contributed by atoms with Crippen LogP contribution < -0.4 is 5.73 Å². The molecule has 0 amide bonds. The lowest BCUT2D eigenvalue weighted by Gasteiger charge is -2.23. The molecule has 0 aromatic rings. The molecule has 0 fully saturated rings. The predicted molar refractivity (Wildman–Crippen MR) is 281 cm³/mol. The first-order valence-corrected chi connectivity index (χ1v) is 28.6. The summed E-state index contributed by atoms with van der Waals surface area (Å²) in [4.78, 5) is 64.8. The van der Waals surface area contributed by atoms with E-state index in [4.69, 9.17) is 34.6 Å². The Morgan fingerprint density at radius 3 is 1.76 bits per heavy atom. The number of allylic oxidation sites excluding steroid dienone is 17. The molecule has 0 radical (unpaired) electrons. The van der Waals surface area contributed by atoms with Gasteiger partial charge >= 0.3 is 33.6 Å². The molecule has 0 rings (SSSR count). The average Bonchev–Trinajstić information content (AvgIpc) is 3.32. The van der Waals surface area contributed by atoms with E-state index in [9.17, 15) is 38.6 Å². The number of hydrogen-bond donors (Lipinski definition) is 7. The molecular weight excluding hydrogens is 977 g/mol. The number of unbranched alkanes of at least 4 members (excludes halogenated alkanes) is 6. The third-order valence-electron chi connectivity index (χ3n) is 9.64. The first kappa shape index (κ1) is 67.5. The smallest absolute Gasteiger partial charge is 0.472 e. The molecule has 0 saturated carbocycles. The second kappa shape index (κ2) is 45.2. The number of hydrogen-bond acceptors (Lipinski definition) is 14. The Balaban J connectivity index is 5.38. The Labute approximate surface area is 426 Å². The number of carboxylic acids is 1. The minimum absolute atomic E-state index is 0.0469. The topological polar surface area (TPSA) is 279 Å². The highest BCUT2D eigenvalue weighted by Crippen LogP contribution is 2.44. The maximum Gasteiger partial charge on any atom is 0.472 e. The van der Waals surface area contributed by atoms with Gasteiger partial charge in [0.1, 0.15) is 18.8 Å². The fraction of sp³-hybridized carbons (Fsp3) is 0.588. The molecule has 0 bridgehead atoms. The van der Waals surface area contributed by atoms with Gasteiger partial charge in [-0.15, -0.1) is 11.8 Å². The minimum atomic E-state index is -4.99. The number of phosphoric ester groups is 2. The van der Waals surface area contributed by atoms with Crippen molar-refractivity contribution in [3.8, 4) is 0 Å². The minimum Gasteiger partial charge on any atom is -0.481 e. The number of carbonyl (C=O) groups is 3. The third kappa shape index (κ3) is 46.1. The van der Waals surface area contributed by atoms with Gasteiger partial charge in [-0.25, -0.2) is 9.13 Å². The average molecular weight is 1060 g/mol. The van der Waals surface area contributed by atoms with Crippen molar-refractivity contribution >= 4 is 45.3 Å². The lowest BCUT2D eigenvalue weighted by molar-refractivity contribution is -0.161. The van der Waals surface area contributed by atoms with Gasteiger partial charge in [0, 0.05) is 23.8 Å². The molecule has 0 aliphatic heterocycles. The van der Waals surface area contributed by atoms with E-state index in [0.29, 0.717) is 6.42 Å². The highest BCUT2D eigenvalue weighted by atomic mass is 32.2. The van der Waals surface area contributed by atoms with Gasteiger partial charge in [-0.05, 0) is 83.5 Å². The van der Waals surface area contributed by atoms with E-state index in [0.717, 1.165) is 76.0 Å². The van der Waals surface area contributed by atoms with E-state index in [-0.39, 0.29) is 31.4 Å². The zero-order chi connectivity index (χ0) is 52.9. The van der Waals surface area contributed by atoms with Crippen molar-refractivity contribution in [3.63, 3.8) is 0 Å². The van der Waals surface area contributed by atoms with Gasteiger partial charge < -0.3 is 45.2 Å². The second-order valence-electron chi connectivity index (χ2n) is 16.2. The Morgan fingerprint density at radius 1 is 0.620 bits per heavy atom. The number of carboxylic acid groups (broad SMARTS) is 1. The van der Waals surface area contributed by atoms with Crippen molar-refractivity contribution in [2.24, 2.45) is 5.73 Å². The van der Waals surface area contributed by atoms with Crippen LogP contribution in [0.1, 0.15) is 129 Å². The van der Waals surface area contributed by atoms with E-state index in [1.807, 2.05) is 18.2 Å². The molecule has 17 nitrogen and oxygen atoms in total. The molecule has 0 aromatic heterocycles. The summed E-state index contributed by atoms with van der Waals surface area (Å²) < 4.78 is 48.1. The number of esters is 2. The van der Waals surface area contributed by atoms with Crippen LogP contribution in [-0.2, 0) is 46.6 Å². The van der Waals surface area contributed by atoms with Gasteiger partial charge in [0.05, 0.1) is 25.9 Å². The zero-order valence-corrected chi connectivity index (χ0v) is 44.3. The second-order valence-corrected chi connectivity index (χ2v) is 20.1. The zero-order valence-electron chi connectivity index (χ0n) is 41.7. The van der Waals surface area contributed by atoms with Gasteiger partial charge in [-0.3, -0.25) is 28.0 Å². The summed E-state index contributed by atoms with van der Waals surface area (Å²) in [6.07, 6.45) is 45.6. The molecule has 6 atom stereocenters. The van der Waals surface area contributed by atoms with E-state index in [2.05, 4.69) is 95.8 Å². The highest BCUT2D eigenvalue weighted by molar-refractivity contribution is 8.00. The summed E-state index contributed by atoms with van der Waals surface area (Å²) >= 11 is 1.12. The van der Waals surface area contributed by atoms with Crippen molar-refractivity contribution in [2.75, 3.05) is 32.2 Å². The molecular formula is C51H83NO16P2S. The first-order valence-electron chi connectivity index (χ1n) is 24.5. The summed E-state index contributed by atoms with van der Waals surface area (Å²) in [5.41, 5.74) is 6.19. The number of ether oxygens (including phenoxy) is 2. The number of aliphatic hydroxyl groups excluding tert-OH is 2. The van der Waals surface area contributed by atoms with Crippen molar-refractivity contribution in [1.82, 2.24) is 0 Å². The fourth-order valence-corrected chi connectivity index (χ4v) is 8.08.